The van der Waals surface area contributed by atoms with Crippen LogP contribution in [0.15, 0.2) is 12.4 Å². The number of carbonyl (C=O) groups excluding carboxylic acids is 1. The van der Waals surface area contributed by atoms with Crippen molar-refractivity contribution in [1.82, 2.24) is 14.9 Å². The zero-order valence-electron chi connectivity index (χ0n) is 9.45. The van der Waals surface area contributed by atoms with Crippen LogP contribution in [0.1, 0.15) is 30.0 Å². The Morgan fingerprint density at radius 2 is 1.71 bits per heavy atom. The summed E-state index contributed by atoms with van der Waals surface area (Å²) in [6, 6.07) is 0. The summed E-state index contributed by atoms with van der Waals surface area (Å²) in [7, 11) is 0. The molecule has 1 rings (SSSR count). The monoisotopic (exact) mass is 247 g/mol. The van der Waals surface area contributed by atoms with E-state index in [2.05, 4.69) is 9.97 Å². The molecule has 0 aliphatic rings. The average Bonchev–Trinajstić information content (AvgIpc) is 2.29. The van der Waals surface area contributed by atoms with Gasteiger partial charge in [-0.05, 0) is 13.8 Å². The molecule has 7 heteroatoms. The number of aromatic nitrogens is 2. The van der Waals surface area contributed by atoms with Gasteiger partial charge < -0.3 is 4.90 Å². The van der Waals surface area contributed by atoms with Crippen LogP contribution >= 0.6 is 0 Å². The third-order valence-corrected chi connectivity index (χ3v) is 2.20. The maximum absolute atomic E-state index is 12.2. The van der Waals surface area contributed by atoms with Crippen LogP contribution in [0.3, 0.4) is 0 Å². The molecule has 1 aromatic rings. The lowest BCUT2D eigenvalue weighted by Gasteiger charge is -2.18. The zero-order chi connectivity index (χ0) is 13.1. The summed E-state index contributed by atoms with van der Waals surface area (Å²) < 4.78 is 36.6. The molecule has 0 aliphatic heterocycles. The summed E-state index contributed by atoms with van der Waals surface area (Å²) in [6.45, 7) is 4.53. The van der Waals surface area contributed by atoms with Gasteiger partial charge in [-0.3, -0.25) is 4.79 Å². The van der Waals surface area contributed by atoms with Gasteiger partial charge in [-0.2, -0.15) is 13.2 Å². The fraction of sp³-hybridized carbons (Fsp3) is 0.500. The highest BCUT2D eigenvalue weighted by Crippen LogP contribution is 2.25. The minimum absolute atomic E-state index is 0.0571. The quantitative estimate of drug-likeness (QED) is 0.820. The number of rotatable bonds is 3. The van der Waals surface area contributed by atoms with Gasteiger partial charge in [0.25, 0.3) is 5.91 Å². The van der Waals surface area contributed by atoms with E-state index < -0.39 is 12.0 Å². The van der Waals surface area contributed by atoms with Gasteiger partial charge in [0.15, 0.2) is 0 Å². The molecule has 94 valence electrons. The molecule has 0 aromatic carbocycles. The molecule has 1 aromatic heterocycles. The minimum Gasteiger partial charge on any atom is -0.339 e. The predicted octanol–water partition coefficient (Wildman–Crippen LogP) is 1.98. The van der Waals surface area contributed by atoms with Crippen LogP contribution in [0.5, 0.6) is 0 Å². The van der Waals surface area contributed by atoms with Gasteiger partial charge in [0, 0.05) is 25.5 Å². The van der Waals surface area contributed by atoms with E-state index in [0.717, 1.165) is 12.4 Å². The largest absolute Gasteiger partial charge is 0.451 e. The van der Waals surface area contributed by atoms with E-state index in [4.69, 9.17) is 0 Å². The van der Waals surface area contributed by atoms with E-state index in [1.165, 1.54) is 4.90 Å². The Morgan fingerprint density at radius 3 is 2.06 bits per heavy atom. The first-order valence-corrected chi connectivity index (χ1v) is 5.08. The highest BCUT2D eigenvalue weighted by molar-refractivity contribution is 5.93. The minimum atomic E-state index is -4.59. The van der Waals surface area contributed by atoms with E-state index >= 15 is 0 Å². The molecule has 0 N–H and O–H groups in total. The van der Waals surface area contributed by atoms with Crippen LogP contribution in [0.25, 0.3) is 0 Å². The van der Waals surface area contributed by atoms with E-state index in [-0.39, 0.29) is 11.5 Å². The standard InChI is InChI=1S/C10H12F3N3O/c1-3-16(4-2)8(17)7-5-14-9(15-6-7)10(11,12)13/h5-6H,3-4H2,1-2H3. The van der Waals surface area contributed by atoms with Gasteiger partial charge in [-0.15, -0.1) is 0 Å². The predicted molar refractivity (Wildman–Crippen MR) is 54.3 cm³/mol. The Kier molecular flexibility index (Phi) is 4.03. The fourth-order valence-electron chi connectivity index (χ4n) is 1.28. The molecule has 0 radical (unpaired) electrons. The first kappa shape index (κ1) is 13.4. The molecule has 0 atom stereocenters. The number of nitrogens with zero attached hydrogens (tertiary/aromatic N) is 3. The maximum Gasteiger partial charge on any atom is 0.451 e. The van der Waals surface area contributed by atoms with E-state index in [1.54, 1.807) is 13.8 Å². The van der Waals surface area contributed by atoms with E-state index in [0.29, 0.717) is 13.1 Å². The molecule has 0 unspecified atom stereocenters. The Labute approximate surface area is 96.5 Å². The van der Waals surface area contributed by atoms with Crippen LogP contribution in [-0.4, -0.2) is 33.9 Å². The number of halogens is 3. The summed E-state index contributed by atoms with van der Waals surface area (Å²) in [4.78, 5) is 19.5. The Morgan fingerprint density at radius 1 is 1.24 bits per heavy atom. The summed E-state index contributed by atoms with van der Waals surface area (Å²) >= 11 is 0. The third kappa shape index (κ3) is 3.15. The van der Waals surface area contributed by atoms with Gasteiger partial charge in [0.1, 0.15) is 0 Å². The first-order chi connectivity index (χ1) is 7.90. The van der Waals surface area contributed by atoms with Gasteiger partial charge in [0.05, 0.1) is 5.56 Å². The van der Waals surface area contributed by atoms with Crippen molar-refractivity contribution in [3.05, 3.63) is 23.8 Å². The van der Waals surface area contributed by atoms with Gasteiger partial charge in [-0.25, -0.2) is 9.97 Å². The summed E-state index contributed by atoms with van der Waals surface area (Å²) in [5.74, 6) is -1.61. The summed E-state index contributed by atoms with van der Waals surface area (Å²) in [5.41, 5.74) is 0.0571. The third-order valence-electron chi connectivity index (χ3n) is 2.20. The number of alkyl halides is 3. The first-order valence-electron chi connectivity index (χ1n) is 5.08. The molecule has 0 spiro atoms. The number of hydrogen-bond donors (Lipinski definition) is 0. The van der Waals surface area contributed by atoms with Crippen LogP contribution in [0.2, 0.25) is 0 Å². The lowest BCUT2D eigenvalue weighted by atomic mass is 10.3. The SMILES string of the molecule is CCN(CC)C(=O)c1cnc(C(F)(F)F)nc1. The molecule has 0 fully saturated rings. The Balaban J connectivity index is 2.91. The van der Waals surface area contributed by atoms with Crippen molar-refractivity contribution in [2.75, 3.05) is 13.1 Å². The molecule has 0 saturated carbocycles. The molecule has 1 heterocycles. The summed E-state index contributed by atoms with van der Waals surface area (Å²) in [5, 5.41) is 0. The smallest absolute Gasteiger partial charge is 0.339 e. The fourth-order valence-corrected chi connectivity index (χ4v) is 1.28. The van der Waals surface area contributed by atoms with Crippen molar-refractivity contribution in [2.24, 2.45) is 0 Å². The molecule has 17 heavy (non-hydrogen) atoms. The van der Waals surface area contributed by atoms with E-state index in [1.807, 2.05) is 0 Å². The molecule has 1 amide bonds. The lowest BCUT2D eigenvalue weighted by Crippen LogP contribution is -2.30. The van der Waals surface area contributed by atoms with Crippen molar-refractivity contribution in [3.8, 4) is 0 Å². The van der Waals surface area contributed by atoms with Crippen LogP contribution < -0.4 is 0 Å². The van der Waals surface area contributed by atoms with Crippen molar-refractivity contribution >= 4 is 5.91 Å². The molecular formula is C10H12F3N3O. The zero-order valence-corrected chi connectivity index (χ0v) is 9.45. The second kappa shape index (κ2) is 5.11. The van der Waals surface area contributed by atoms with Crippen LogP contribution in [0, 0.1) is 0 Å². The molecular weight excluding hydrogens is 235 g/mol. The lowest BCUT2D eigenvalue weighted by molar-refractivity contribution is -0.145. The molecule has 0 aliphatic carbocycles. The number of carbonyl (C=O) groups is 1. The summed E-state index contributed by atoms with van der Waals surface area (Å²) in [6.07, 6.45) is -2.79. The Hall–Kier alpha value is -1.66. The van der Waals surface area contributed by atoms with Gasteiger partial charge in [0.2, 0.25) is 5.82 Å². The van der Waals surface area contributed by atoms with E-state index in [9.17, 15) is 18.0 Å². The highest BCUT2D eigenvalue weighted by Gasteiger charge is 2.34. The molecule has 0 bridgehead atoms. The maximum atomic E-state index is 12.2. The van der Waals surface area contributed by atoms with Crippen molar-refractivity contribution < 1.29 is 18.0 Å². The van der Waals surface area contributed by atoms with Crippen molar-refractivity contribution in [3.63, 3.8) is 0 Å². The molecule has 4 nitrogen and oxygen atoms in total. The Bertz CT molecular complexity index is 385. The second-order valence-corrected chi connectivity index (χ2v) is 3.27. The van der Waals surface area contributed by atoms with Gasteiger partial charge >= 0.3 is 6.18 Å². The van der Waals surface area contributed by atoms with Crippen LogP contribution in [0.4, 0.5) is 13.2 Å². The van der Waals surface area contributed by atoms with Crippen molar-refractivity contribution in [1.29, 1.82) is 0 Å². The number of hydrogen-bond acceptors (Lipinski definition) is 3. The molecule has 0 saturated heterocycles. The highest BCUT2D eigenvalue weighted by atomic mass is 19.4. The van der Waals surface area contributed by atoms with Gasteiger partial charge in [-0.1, -0.05) is 0 Å². The number of amides is 1. The average molecular weight is 247 g/mol. The second-order valence-electron chi connectivity index (χ2n) is 3.27. The topological polar surface area (TPSA) is 46.1 Å². The van der Waals surface area contributed by atoms with Crippen molar-refractivity contribution in [2.45, 2.75) is 20.0 Å². The van der Waals surface area contributed by atoms with Crippen LogP contribution in [-0.2, 0) is 6.18 Å². The normalized spacial score (nSPS) is 11.4.